The first-order valence-electron chi connectivity index (χ1n) is 5.38. The van der Waals surface area contributed by atoms with Crippen LogP contribution in [0.5, 0.6) is 0 Å². The zero-order chi connectivity index (χ0) is 12.1. The van der Waals surface area contributed by atoms with Crippen molar-refractivity contribution in [3.8, 4) is 0 Å². The maximum absolute atomic E-state index is 11.6. The average Bonchev–Trinajstić information content (AvgIpc) is 2.30. The molecule has 0 fully saturated rings. The van der Waals surface area contributed by atoms with Crippen LogP contribution in [0, 0.1) is 6.92 Å². The predicted molar refractivity (Wildman–Crippen MR) is 66.7 cm³/mol. The number of carbonyl (C=O) groups excluding carboxylic acids is 1. The van der Waals surface area contributed by atoms with Crippen LogP contribution in [0.25, 0.3) is 0 Å². The molecule has 0 spiro atoms. The standard InChI is InChI=1S/C12H19N3O/c1-8(7-13)15-11-6-4-5-10(9(11)2)12(16)14-3/h4-6,8,15H,7,13H2,1-3H3,(H,14,16). The Hall–Kier alpha value is -1.55. The smallest absolute Gasteiger partial charge is 0.251 e. The number of carbonyl (C=O) groups is 1. The molecule has 0 radical (unpaired) electrons. The molecule has 0 aliphatic carbocycles. The van der Waals surface area contributed by atoms with Crippen molar-refractivity contribution >= 4 is 11.6 Å². The van der Waals surface area contributed by atoms with E-state index < -0.39 is 0 Å². The lowest BCUT2D eigenvalue weighted by Gasteiger charge is -2.16. The zero-order valence-electron chi connectivity index (χ0n) is 10.0. The van der Waals surface area contributed by atoms with Crippen LogP contribution >= 0.6 is 0 Å². The van der Waals surface area contributed by atoms with Crippen molar-refractivity contribution in [3.63, 3.8) is 0 Å². The SMILES string of the molecule is CNC(=O)c1cccc(NC(C)CN)c1C. The van der Waals surface area contributed by atoms with Crippen LogP contribution in [-0.4, -0.2) is 25.5 Å². The van der Waals surface area contributed by atoms with Gasteiger partial charge in [-0.3, -0.25) is 4.79 Å². The average molecular weight is 221 g/mol. The highest BCUT2D eigenvalue weighted by Crippen LogP contribution is 2.19. The molecule has 0 bridgehead atoms. The highest BCUT2D eigenvalue weighted by atomic mass is 16.1. The molecule has 0 saturated heterocycles. The van der Waals surface area contributed by atoms with Crippen molar-refractivity contribution in [3.05, 3.63) is 29.3 Å². The molecule has 1 atom stereocenters. The molecule has 0 aliphatic rings. The largest absolute Gasteiger partial charge is 0.381 e. The quantitative estimate of drug-likeness (QED) is 0.713. The van der Waals surface area contributed by atoms with E-state index in [9.17, 15) is 4.79 Å². The lowest BCUT2D eigenvalue weighted by atomic mass is 10.1. The van der Waals surface area contributed by atoms with Crippen molar-refractivity contribution in [1.82, 2.24) is 5.32 Å². The van der Waals surface area contributed by atoms with E-state index in [1.807, 2.05) is 32.0 Å². The molecule has 4 heteroatoms. The van der Waals surface area contributed by atoms with Gasteiger partial charge in [0.05, 0.1) is 0 Å². The van der Waals surface area contributed by atoms with E-state index in [-0.39, 0.29) is 11.9 Å². The third kappa shape index (κ3) is 2.73. The van der Waals surface area contributed by atoms with E-state index in [1.54, 1.807) is 7.05 Å². The molecule has 88 valence electrons. The fourth-order valence-electron chi connectivity index (χ4n) is 1.50. The first kappa shape index (κ1) is 12.5. The molecule has 0 heterocycles. The second kappa shape index (κ2) is 5.51. The summed E-state index contributed by atoms with van der Waals surface area (Å²) in [4.78, 5) is 11.6. The van der Waals surface area contributed by atoms with Gasteiger partial charge in [0.25, 0.3) is 5.91 Å². The van der Waals surface area contributed by atoms with Crippen LogP contribution in [0.15, 0.2) is 18.2 Å². The molecular weight excluding hydrogens is 202 g/mol. The Labute approximate surface area is 96.2 Å². The Balaban J connectivity index is 2.99. The van der Waals surface area contributed by atoms with Gasteiger partial charge in [-0.15, -0.1) is 0 Å². The van der Waals surface area contributed by atoms with Gasteiger partial charge in [0.2, 0.25) is 0 Å². The number of nitrogens with one attached hydrogen (secondary N) is 2. The minimum atomic E-state index is -0.0680. The Morgan fingerprint density at radius 3 is 2.75 bits per heavy atom. The van der Waals surface area contributed by atoms with Crippen LogP contribution < -0.4 is 16.4 Å². The van der Waals surface area contributed by atoms with Crippen molar-refractivity contribution < 1.29 is 4.79 Å². The molecule has 1 aromatic rings. The lowest BCUT2D eigenvalue weighted by Crippen LogP contribution is -2.26. The van der Waals surface area contributed by atoms with Gasteiger partial charge in [0, 0.05) is 30.9 Å². The summed E-state index contributed by atoms with van der Waals surface area (Å²) >= 11 is 0. The number of nitrogens with two attached hydrogens (primary N) is 1. The molecule has 4 nitrogen and oxygen atoms in total. The number of benzene rings is 1. The first-order chi connectivity index (χ1) is 7.60. The fourth-order valence-corrected chi connectivity index (χ4v) is 1.50. The third-order valence-corrected chi connectivity index (χ3v) is 2.56. The van der Waals surface area contributed by atoms with E-state index >= 15 is 0 Å². The maximum atomic E-state index is 11.6. The summed E-state index contributed by atoms with van der Waals surface area (Å²) < 4.78 is 0. The van der Waals surface area contributed by atoms with Gasteiger partial charge >= 0.3 is 0 Å². The van der Waals surface area contributed by atoms with Crippen molar-refractivity contribution in [1.29, 1.82) is 0 Å². The van der Waals surface area contributed by atoms with Crippen LogP contribution in [0.2, 0.25) is 0 Å². The molecule has 1 rings (SSSR count). The van der Waals surface area contributed by atoms with E-state index in [4.69, 9.17) is 5.73 Å². The van der Waals surface area contributed by atoms with Gasteiger partial charge in [0.15, 0.2) is 0 Å². The molecule has 1 unspecified atom stereocenters. The number of hydrogen-bond donors (Lipinski definition) is 3. The topological polar surface area (TPSA) is 67.2 Å². The van der Waals surface area contributed by atoms with Crippen LogP contribution in [-0.2, 0) is 0 Å². The second-order valence-corrected chi connectivity index (χ2v) is 3.84. The molecule has 0 aromatic heterocycles. The summed E-state index contributed by atoms with van der Waals surface area (Å²) in [5.41, 5.74) is 8.15. The number of amides is 1. The van der Waals surface area contributed by atoms with E-state index in [2.05, 4.69) is 10.6 Å². The minimum absolute atomic E-state index is 0.0680. The number of rotatable bonds is 4. The highest BCUT2D eigenvalue weighted by molar-refractivity contribution is 5.96. The van der Waals surface area contributed by atoms with Crippen LogP contribution in [0.1, 0.15) is 22.8 Å². The van der Waals surface area contributed by atoms with Gasteiger partial charge in [-0.1, -0.05) is 6.07 Å². The van der Waals surface area contributed by atoms with Crippen LogP contribution in [0.3, 0.4) is 0 Å². The van der Waals surface area contributed by atoms with Gasteiger partial charge in [0.1, 0.15) is 0 Å². The minimum Gasteiger partial charge on any atom is -0.381 e. The van der Waals surface area contributed by atoms with E-state index in [1.165, 1.54) is 0 Å². The molecule has 0 saturated carbocycles. The summed E-state index contributed by atoms with van der Waals surface area (Å²) in [5.74, 6) is -0.0680. The number of anilines is 1. The van der Waals surface area contributed by atoms with Crippen LogP contribution in [0.4, 0.5) is 5.69 Å². The first-order valence-corrected chi connectivity index (χ1v) is 5.38. The summed E-state index contributed by atoms with van der Waals surface area (Å²) in [5, 5.41) is 5.90. The monoisotopic (exact) mass is 221 g/mol. The predicted octanol–water partition coefficient (Wildman–Crippen LogP) is 1.11. The molecule has 1 aromatic carbocycles. The highest BCUT2D eigenvalue weighted by Gasteiger charge is 2.10. The third-order valence-electron chi connectivity index (χ3n) is 2.56. The van der Waals surface area contributed by atoms with Crippen molar-refractivity contribution in [2.45, 2.75) is 19.9 Å². The van der Waals surface area contributed by atoms with Gasteiger partial charge < -0.3 is 16.4 Å². The Morgan fingerprint density at radius 2 is 2.19 bits per heavy atom. The van der Waals surface area contributed by atoms with Gasteiger partial charge in [-0.2, -0.15) is 0 Å². The van der Waals surface area contributed by atoms with Crippen molar-refractivity contribution in [2.75, 3.05) is 18.9 Å². The molecule has 4 N–H and O–H groups in total. The molecule has 0 aliphatic heterocycles. The summed E-state index contributed by atoms with van der Waals surface area (Å²) in [6.45, 7) is 4.49. The zero-order valence-corrected chi connectivity index (χ0v) is 10.0. The Morgan fingerprint density at radius 1 is 1.50 bits per heavy atom. The molecule has 1 amide bonds. The van der Waals surface area contributed by atoms with Gasteiger partial charge in [-0.25, -0.2) is 0 Å². The molecule has 16 heavy (non-hydrogen) atoms. The fraction of sp³-hybridized carbons (Fsp3) is 0.417. The summed E-state index contributed by atoms with van der Waals surface area (Å²) in [6.07, 6.45) is 0. The van der Waals surface area contributed by atoms with E-state index in [0.717, 1.165) is 11.3 Å². The lowest BCUT2D eigenvalue weighted by molar-refractivity contribution is 0.0962. The van der Waals surface area contributed by atoms with E-state index in [0.29, 0.717) is 12.1 Å². The summed E-state index contributed by atoms with van der Waals surface area (Å²) in [6, 6.07) is 5.82. The summed E-state index contributed by atoms with van der Waals surface area (Å²) in [7, 11) is 1.63. The molecular formula is C12H19N3O. The number of hydrogen-bond acceptors (Lipinski definition) is 3. The maximum Gasteiger partial charge on any atom is 0.251 e. The van der Waals surface area contributed by atoms with Gasteiger partial charge in [-0.05, 0) is 31.5 Å². The second-order valence-electron chi connectivity index (χ2n) is 3.84. The normalized spacial score (nSPS) is 12.0. The Bertz CT molecular complexity index is 377. The van der Waals surface area contributed by atoms with Crippen molar-refractivity contribution in [2.24, 2.45) is 5.73 Å². The Kier molecular flexibility index (Phi) is 4.31.